The zero-order valence-electron chi connectivity index (χ0n) is 16.5. The summed E-state index contributed by atoms with van der Waals surface area (Å²) < 4.78 is 14.5. The molecule has 2 fully saturated rings. The summed E-state index contributed by atoms with van der Waals surface area (Å²) in [7, 11) is 0. The lowest BCUT2D eigenvalue weighted by molar-refractivity contribution is 0.0681. The average molecular weight is 365 g/mol. The first kappa shape index (κ1) is 18.7. The van der Waals surface area contributed by atoms with Crippen molar-refractivity contribution in [1.82, 2.24) is 20.4 Å². The quantitative estimate of drug-likeness (QED) is 0.649. The van der Waals surface area contributed by atoms with Crippen LogP contribution in [0.15, 0.2) is 11.3 Å². The molecule has 5 heteroatoms. The fourth-order valence-electron chi connectivity index (χ4n) is 5.19. The smallest absolute Gasteiger partial charge is 0.137 e. The van der Waals surface area contributed by atoms with Gasteiger partial charge in [-0.25, -0.2) is 4.39 Å². The minimum Gasteiger partial charge on any atom is -0.385 e. The molecule has 2 atom stereocenters. The fraction of sp³-hybridized carbons (Fsp3) is 0.905. The van der Waals surface area contributed by atoms with Crippen molar-refractivity contribution in [3.8, 4) is 0 Å². The minimum atomic E-state index is -0.722. The Bertz CT molecular complexity index is 496. The molecule has 4 nitrogen and oxygen atoms in total. The first-order valence-electron chi connectivity index (χ1n) is 11.0. The summed E-state index contributed by atoms with van der Waals surface area (Å²) in [6, 6.07) is 0.904. The van der Waals surface area contributed by atoms with Gasteiger partial charge in [-0.05, 0) is 82.6 Å². The first-order valence-corrected chi connectivity index (χ1v) is 11.0. The Kier molecular flexibility index (Phi) is 6.17. The Morgan fingerprint density at radius 1 is 1.19 bits per heavy atom. The number of nitrogens with zero attached hydrogens (tertiary/aromatic N) is 2. The first-order chi connectivity index (χ1) is 12.8. The molecule has 26 heavy (non-hydrogen) atoms. The highest BCUT2D eigenvalue weighted by molar-refractivity contribution is 5.32. The molecule has 148 valence electrons. The van der Waals surface area contributed by atoms with Gasteiger partial charge in [0.05, 0.1) is 6.04 Å². The molecule has 2 N–H and O–H groups in total. The molecule has 0 radical (unpaired) electrons. The van der Waals surface area contributed by atoms with Crippen molar-refractivity contribution < 1.29 is 4.39 Å². The number of piperidine rings is 1. The Morgan fingerprint density at radius 3 is 2.62 bits per heavy atom. The number of halogens is 1. The third-order valence-corrected chi connectivity index (χ3v) is 7.27. The van der Waals surface area contributed by atoms with E-state index in [9.17, 15) is 4.39 Å². The Labute approximate surface area is 158 Å². The van der Waals surface area contributed by atoms with Gasteiger partial charge < -0.3 is 10.6 Å². The molecule has 0 amide bonds. The molecule has 2 unspecified atom stereocenters. The van der Waals surface area contributed by atoms with Gasteiger partial charge in [0, 0.05) is 25.0 Å². The van der Waals surface area contributed by atoms with E-state index >= 15 is 0 Å². The molecule has 2 aliphatic heterocycles. The number of rotatable bonds is 8. The standard InChI is InChI=1S/C21H37FN4/c1-2-23-15-26(17-4-3-5-17)13-10-16-8-11-25(12-9-16)21-18-6-7-20(18)24-14-19(21)22/h16-17,19,21,23-24H,2-15H2,1H3. The Hall–Kier alpha value is -0.650. The third-order valence-electron chi connectivity index (χ3n) is 7.27. The van der Waals surface area contributed by atoms with Gasteiger partial charge in [0.15, 0.2) is 0 Å². The Balaban J connectivity index is 1.24. The number of hydrogen-bond acceptors (Lipinski definition) is 4. The molecule has 2 heterocycles. The second-order valence-electron chi connectivity index (χ2n) is 8.77. The highest BCUT2D eigenvalue weighted by Gasteiger charge is 2.40. The normalized spacial score (nSPS) is 30.7. The van der Waals surface area contributed by atoms with Crippen LogP contribution in [0.1, 0.15) is 58.3 Å². The molecule has 0 aromatic heterocycles. The summed E-state index contributed by atoms with van der Waals surface area (Å²) in [5, 5.41) is 6.80. The molecule has 0 aromatic rings. The van der Waals surface area contributed by atoms with Gasteiger partial charge in [-0.15, -0.1) is 0 Å². The maximum atomic E-state index is 14.5. The predicted molar refractivity (Wildman–Crippen MR) is 105 cm³/mol. The summed E-state index contributed by atoms with van der Waals surface area (Å²) in [6.07, 6.45) is 9.51. The predicted octanol–water partition coefficient (Wildman–Crippen LogP) is 2.87. The van der Waals surface area contributed by atoms with Gasteiger partial charge in [-0.2, -0.15) is 0 Å². The topological polar surface area (TPSA) is 30.5 Å². The fourth-order valence-corrected chi connectivity index (χ4v) is 5.19. The SMILES string of the molecule is CCNCN(CCC1CCN(C2C3=C(CC3)NCC2F)CC1)C1CCC1. The highest BCUT2D eigenvalue weighted by Crippen LogP contribution is 2.38. The van der Waals surface area contributed by atoms with Crippen molar-refractivity contribution in [2.24, 2.45) is 5.92 Å². The van der Waals surface area contributed by atoms with Crippen LogP contribution in [-0.2, 0) is 0 Å². The lowest BCUT2D eigenvalue weighted by atomic mass is 9.81. The van der Waals surface area contributed by atoms with Crippen molar-refractivity contribution in [3.05, 3.63) is 11.3 Å². The van der Waals surface area contributed by atoms with Crippen molar-refractivity contribution >= 4 is 0 Å². The number of hydrogen-bond donors (Lipinski definition) is 2. The van der Waals surface area contributed by atoms with Crippen LogP contribution in [0.25, 0.3) is 0 Å². The van der Waals surface area contributed by atoms with Crippen LogP contribution in [0.4, 0.5) is 4.39 Å². The maximum Gasteiger partial charge on any atom is 0.137 e. The van der Waals surface area contributed by atoms with Gasteiger partial charge in [0.25, 0.3) is 0 Å². The van der Waals surface area contributed by atoms with E-state index in [2.05, 4.69) is 27.4 Å². The van der Waals surface area contributed by atoms with E-state index < -0.39 is 6.17 Å². The van der Waals surface area contributed by atoms with Crippen LogP contribution < -0.4 is 10.6 Å². The van der Waals surface area contributed by atoms with Crippen LogP contribution in [0.3, 0.4) is 0 Å². The summed E-state index contributed by atoms with van der Waals surface area (Å²) >= 11 is 0. The second kappa shape index (κ2) is 8.57. The number of likely N-dealkylation sites (tertiary alicyclic amines) is 1. The zero-order chi connectivity index (χ0) is 17.9. The van der Waals surface area contributed by atoms with Crippen molar-refractivity contribution in [2.45, 2.75) is 76.5 Å². The number of alkyl halides is 1. The Morgan fingerprint density at radius 2 is 2.00 bits per heavy atom. The van der Waals surface area contributed by atoms with E-state index in [1.165, 1.54) is 56.3 Å². The molecule has 1 saturated heterocycles. The third kappa shape index (κ3) is 3.95. The van der Waals surface area contributed by atoms with Crippen LogP contribution in [-0.4, -0.2) is 67.4 Å². The van der Waals surface area contributed by atoms with Gasteiger partial charge in [-0.3, -0.25) is 9.80 Å². The molecule has 1 saturated carbocycles. The van der Waals surface area contributed by atoms with Gasteiger partial charge in [-0.1, -0.05) is 13.3 Å². The lowest BCUT2D eigenvalue weighted by Gasteiger charge is -2.46. The van der Waals surface area contributed by atoms with Gasteiger partial charge in [0.2, 0.25) is 0 Å². The maximum absolute atomic E-state index is 14.5. The van der Waals surface area contributed by atoms with Crippen LogP contribution in [0.2, 0.25) is 0 Å². The van der Waals surface area contributed by atoms with E-state index in [0.717, 1.165) is 51.1 Å². The zero-order valence-corrected chi connectivity index (χ0v) is 16.5. The molecule has 0 spiro atoms. The van der Waals surface area contributed by atoms with Crippen LogP contribution >= 0.6 is 0 Å². The largest absolute Gasteiger partial charge is 0.385 e. The van der Waals surface area contributed by atoms with E-state index in [-0.39, 0.29) is 6.04 Å². The molecule has 2 aliphatic carbocycles. The molecule has 4 rings (SSSR count). The van der Waals surface area contributed by atoms with E-state index in [4.69, 9.17) is 0 Å². The molecule has 4 aliphatic rings. The van der Waals surface area contributed by atoms with Crippen molar-refractivity contribution in [2.75, 3.05) is 39.4 Å². The molecule has 0 aromatic carbocycles. The van der Waals surface area contributed by atoms with E-state index in [1.807, 2.05) is 0 Å². The average Bonchev–Trinajstić information content (AvgIpc) is 2.58. The summed E-state index contributed by atoms with van der Waals surface area (Å²) in [5.41, 5.74) is 2.73. The highest BCUT2D eigenvalue weighted by atomic mass is 19.1. The molecular weight excluding hydrogens is 327 g/mol. The van der Waals surface area contributed by atoms with Gasteiger partial charge >= 0.3 is 0 Å². The van der Waals surface area contributed by atoms with Crippen LogP contribution in [0.5, 0.6) is 0 Å². The number of nitrogens with one attached hydrogen (secondary N) is 2. The number of allylic oxidation sites excluding steroid dienone is 1. The van der Waals surface area contributed by atoms with E-state index in [0.29, 0.717) is 6.54 Å². The van der Waals surface area contributed by atoms with Crippen molar-refractivity contribution in [3.63, 3.8) is 0 Å². The molecule has 0 bridgehead atoms. The van der Waals surface area contributed by atoms with Gasteiger partial charge in [0.1, 0.15) is 6.17 Å². The summed E-state index contributed by atoms with van der Waals surface area (Å²) in [6.45, 7) is 8.22. The van der Waals surface area contributed by atoms with E-state index in [1.54, 1.807) is 0 Å². The van der Waals surface area contributed by atoms with Crippen molar-refractivity contribution in [1.29, 1.82) is 0 Å². The minimum absolute atomic E-state index is 0.0844. The monoisotopic (exact) mass is 364 g/mol. The lowest BCUT2D eigenvalue weighted by Crippen LogP contribution is -2.55. The molecular formula is C21H37FN4. The summed E-state index contributed by atoms with van der Waals surface area (Å²) in [4.78, 5) is 5.13. The second-order valence-corrected chi connectivity index (χ2v) is 8.77. The summed E-state index contributed by atoms with van der Waals surface area (Å²) in [5.74, 6) is 0.824. The van der Waals surface area contributed by atoms with Crippen LogP contribution in [0, 0.1) is 5.92 Å².